The molecule has 0 bridgehead atoms. The fourth-order valence-electron chi connectivity index (χ4n) is 4.90. The number of hydrogen-bond donors (Lipinski definition) is 1. The van der Waals surface area contributed by atoms with E-state index in [1.807, 2.05) is 0 Å². The summed E-state index contributed by atoms with van der Waals surface area (Å²) in [6, 6.07) is 1.50. The molecule has 1 heterocycles. The molecule has 11 heteroatoms. The van der Waals surface area contributed by atoms with Crippen LogP contribution in [0.15, 0.2) is 18.5 Å². The maximum atomic E-state index is 12.8. The van der Waals surface area contributed by atoms with Crippen molar-refractivity contribution in [2.75, 3.05) is 13.6 Å². The van der Waals surface area contributed by atoms with Crippen LogP contribution in [-0.4, -0.2) is 48.5 Å². The van der Waals surface area contributed by atoms with Crippen LogP contribution in [0.25, 0.3) is 4.72 Å². The summed E-state index contributed by atoms with van der Waals surface area (Å²) in [5.74, 6) is -0.885. The molecule has 1 aromatic carbocycles. The number of aromatic nitrogens is 2. The predicted octanol–water partition coefficient (Wildman–Crippen LogP) is -1.10. The smallest absolute Gasteiger partial charge is 0.533 e. The monoisotopic (exact) mass is 495 g/mol. The van der Waals surface area contributed by atoms with Gasteiger partial charge in [-0.3, -0.25) is 9.48 Å². The molecule has 0 radical (unpaired) electrons. The second kappa shape index (κ2) is 10.9. The third-order valence-electron chi connectivity index (χ3n) is 6.56. The van der Waals surface area contributed by atoms with Gasteiger partial charge in [-0.15, -0.1) is 0 Å². The maximum Gasteiger partial charge on any atom is 1.00 e. The van der Waals surface area contributed by atoms with Crippen LogP contribution in [0.4, 0.5) is 0 Å². The molecule has 0 fully saturated rings. The van der Waals surface area contributed by atoms with Gasteiger partial charge in [0.15, 0.2) is 10.2 Å². The molecule has 178 valence electrons. The first kappa shape index (κ1) is 26.9. The van der Waals surface area contributed by atoms with E-state index in [9.17, 15) is 18.0 Å². The zero-order chi connectivity index (χ0) is 23.8. The van der Waals surface area contributed by atoms with Crippen LogP contribution in [0.2, 0.25) is 0 Å². The molecule has 2 amide bonds. The van der Waals surface area contributed by atoms with Crippen LogP contribution in [0.1, 0.15) is 59.2 Å². The van der Waals surface area contributed by atoms with Crippen molar-refractivity contribution < 1.29 is 47.6 Å². The van der Waals surface area contributed by atoms with E-state index in [0.29, 0.717) is 5.56 Å². The zero-order valence-electron chi connectivity index (χ0n) is 20.3. The molecule has 0 saturated carbocycles. The number of fused-ring (bicyclic) bond motifs is 2. The van der Waals surface area contributed by atoms with E-state index in [0.717, 1.165) is 44.1 Å². The molecule has 9 nitrogen and oxygen atoms in total. The molecule has 2 aliphatic carbocycles. The van der Waals surface area contributed by atoms with Gasteiger partial charge in [0.2, 0.25) is 5.91 Å². The number of carbonyl (C=O) groups excluding carboxylic acids is 2. The van der Waals surface area contributed by atoms with Gasteiger partial charge < -0.3 is 14.4 Å². The van der Waals surface area contributed by atoms with Crippen LogP contribution < -0.4 is 34.3 Å². The second-order valence-electron chi connectivity index (χ2n) is 8.99. The number of rotatable bonds is 8. The molecule has 1 aromatic heterocycles. The van der Waals surface area contributed by atoms with E-state index >= 15 is 0 Å². The Labute approximate surface area is 223 Å². The summed E-state index contributed by atoms with van der Waals surface area (Å²) < 4.78 is 33.2. The van der Waals surface area contributed by atoms with Crippen LogP contribution in [0.3, 0.4) is 0 Å². The van der Waals surface area contributed by atoms with Gasteiger partial charge >= 0.3 is 29.6 Å². The molecule has 0 saturated heterocycles. The minimum Gasteiger partial charge on any atom is -0.533 e. The van der Waals surface area contributed by atoms with E-state index < -0.39 is 22.2 Å². The quantitative estimate of drug-likeness (QED) is 0.467. The van der Waals surface area contributed by atoms with Crippen LogP contribution in [0, 0.1) is 0 Å². The molecule has 34 heavy (non-hydrogen) atoms. The number of amides is 2. The van der Waals surface area contributed by atoms with E-state index in [-0.39, 0.29) is 48.4 Å². The second-order valence-corrected chi connectivity index (χ2v) is 10.4. The molecule has 1 atom stereocenters. The van der Waals surface area contributed by atoms with E-state index in [2.05, 4.69) is 20.6 Å². The number of carbonyl (C=O) groups is 2. The summed E-state index contributed by atoms with van der Waals surface area (Å²) >= 11 is 0. The van der Waals surface area contributed by atoms with Gasteiger partial charge in [0.1, 0.15) is 0 Å². The largest absolute Gasteiger partial charge is 1.00 e. The molecule has 0 aliphatic heterocycles. The van der Waals surface area contributed by atoms with Crippen molar-refractivity contribution in [2.24, 2.45) is 7.05 Å². The Kier molecular flexibility index (Phi) is 8.62. The average Bonchev–Trinajstić information content (AvgIpc) is 3.46. The van der Waals surface area contributed by atoms with Crippen molar-refractivity contribution in [3.8, 4) is 0 Å². The third-order valence-corrected chi connectivity index (χ3v) is 7.59. The molecule has 4 rings (SSSR count). The molecule has 1 unspecified atom stereocenters. The van der Waals surface area contributed by atoms with E-state index in [1.165, 1.54) is 40.3 Å². The fourth-order valence-corrected chi connectivity index (χ4v) is 5.86. The van der Waals surface area contributed by atoms with Gasteiger partial charge in [-0.1, -0.05) is 6.07 Å². The molecule has 2 aromatic rings. The van der Waals surface area contributed by atoms with Crippen molar-refractivity contribution in [3.63, 3.8) is 0 Å². The van der Waals surface area contributed by atoms with Crippen molar-refractivity contribution >= 4 is 22.0 Å². The summed E-state index contributed by atoms with van der Waals surface area (Å²) in [6.45, 7) is 1.49. The van der Waals surface area contributed by atoms with Gasteiger partial charge in [0.25, 0.3) is 0 Å². The van der Waals surface area contributed by atoms with Gasteiger partial charge in [-0.25, -0.2) is 13.1 Å². The Morgan fingerprint density at radius 2 is 1.79 bits per heavy atom. The minimum absolute atomic E-state index is 0. The SMILES string of the molecule is CC(=O)N(C)CC(NS(=O)(=O)[N-]C(=O)Cc1c2c(cc3c1CCC3)CCC2)c1cnn(C)c1.[Na+]. The minimum atomic E-state index is -4.29. The van der Waals surface area contributed by atoms with Gasteiger partial charge in [-0.05, 0) is 66.3 Å². The Morgan fingerprint density at radius 3 is 2.32 bits per heavy atom. The number of nitrogens with one attached hydrogen (secondary N) is 1. The summed E-state index contributed by atoms with van der Waals surface area (Å²) in [5, 5.41) is 4.08. The Hall–Kier alpha value is -1.72. The number of nitrogens with zero attached hydrogens (tertiary/aromatic N) is 4. The first-order valence-electron chi connectivity index (χ1n) is 11.3. The number of benzene rings is 1. The van der Waals surface area contributed by atoms with Crippen LogP contribution in [-0.2, 0) is 59.0 Å². The Morgan fingerprint density at radius 1 is 1.18 bits per heavy atom. The van der Waals surface area contributed by atoms with E-state index in [4.69, 9.17) is 0 Å². The molecular weight excluding hydrogens is 465 g/mol. The van der Waals surface area contributed by atoms with Crippen LogP contribution in [0.5, 0.6) is 0 Å². The normalized spacial score (nSPS) is 15.3. The third kappa shape index (κ3) is 6.09. The molecule has 1 N–H and O–H groups in total. The topological polar surface area (TPSA) is 115 Å². The molecule has 0 spiro atoms. The fraction of sp³-hybridized carbons (Fsp3) is 0.522. The Balaban J connectivity index is 0.00000324. The molecular formula is C23H30N5NaO4S. The Bertz CT molecular complexity index is 1160. The summed E-state index contributed by atoms with van der Waals surface area (Å²) in [4.78, 5) is 25.9. The van der Waals surface area contributed by atoms with Crippen molar-refractivity contribution in [2.45, 2.75) is 57.9 Å². The summed E-state index contributed by atoms with van der Waals surface area (Å²) in [6.07, 6.45) is 9.19. The first-order chi connectivity index (χ1) is 15.6. The van der Waals surface area contributed by atoms with Gasteiger partial charge in [0.05, 0.1) is 18.1 Å². The number of aryl methyl sites for hydroxylation is 3. The average molecular weight is 496 g/mol. The van der Waals surface area contributed by atoms with Crippen LogP contribution >= 0.6 is 0 Å². The summed E-state index contributed by atoms with van der Waals surface area (Å²) in [7, 11) is -0.989. The zero-order valence-corrected chi connectivity index (χ0v) is 23.1. The van der Waals surface area contributed by atoms with E-state index in [1.54, 1.807) is 25.0 Å². The van der Waals surface area contributed by atoms with Gasteiger partial charge in [0, 0.05) is 45.7 Å². The standard InChI is InChI=1S/C23H31N5O4S.Na/c1-15(29)27(2)14-22(18-12-24-28(3)13-18)25-33(31,32)26-23(30)11-21-19-8-4-6-16(19)10-17-7-5-9-20(17)21;/h10,12-13,22,25H,4-9,11,14H2,1-3H3,(H,26,30);/q;+1/p-1. The first-order valence-corrected chi connectivity index (χ1v) is 12.7. The number of hydrogen-bond acceptors (Lipinski definition) is 5. The molecule has 2 aliphatic rings. The van der Waals surface area contributed by atoms with Crippen molar-refractivity contribution in [1.82, 2.24) is 19.4 Å². The maximum absolute atomic E-state index is 12.8. The summed E-state index contributed by atoms with van der Waals surface area (Å²) in [5.41, 5.74) is 6.57. The van der Waals surface area contributed by atoms with Crippen molar-refractivity contribution in [1.29, 1.82) is 0 Å². The predicted molar refractivity (Wildman–Crippen MR) is 124 cm³/mol. The van der Waals surface area contributed by atoms with Crippen molar-refractivity contribution in [3.05, 3.63) is 56.6 Å². The van der Waals surface area contributed by atoms with Gasteiger partial charge in [-0.2, -0.15) is 5.10 Å². The number of likely N-dealkylation sites (N-methyl/N-ethyl adjacent to an activating group) is 1.